The van der Waals surface area contributed by atoms with Gasteiger partial charge in [-0.3, -0.25) is 14.5 Å². The van der Waals surface area contributed by atoms with E-state index in [1.54, 1.807) is 12.1 Å². The Labute approximate surface area is 159 Å². The van der Waals surface area contributed by atoms with Crippen LogP contribution in [-0.4, -0.2) is 53.8 Å². The van der Waals surface area contributed by atoms with Crippen LogP contribution in [0.3, 0.4) is 0 Å². The molecule has 1 aromatic rings. The number of benzene rings is 1. The normalized spacial score (nSPS) is 25.5. The zero-order valence-electron chi connectivity index (χ0n) is 15.7. The first kappa shape index (κ1) is 18.4. The molecule has 4 aliphatic rings. The lowest BCUT2D eigenvalue weighted by Crippen LogP contribution is -2.48. The lowest BCUT2D eigenvalue weighted by atomic mass is 9.94. The van der Waals surface area contributed by atoms with Crippen molar-refractivity contribution in [2.75, 3.05) is 26.2 Å². The van der Waals surface area contributed by atoms with Gasteiger partial charge in [-0.2, -0.15) is 0 Å². The van der Waals surface area contributed by atoms with Gasteiger partial charge in [0, 0.05) is 45.2 Å². The van der Waals surface area contributed by atoms with Crippen molar-refractivity contribution in [2.24, 2.45) is 11.8 Å². The summed E-state index contributed by atoms with van der Waals surface area (Å²) in [7, 11) is 0. The zero-order chi connectivity index (χ0) is 18.8. The fourth-order valence-corrected chi connectivity index (χ4v) is 4.28. The molecular weight excluding hydrogens is 345 g/mol. The quantitative estimate of drug-likeness (QED) is 0.797. The molecule has 0 aromatic heterocycles. The summed E-state index contributed by atoms with van der Waals surface area (Å²) < 4.78 is 12.9. The van der Waals surface area contributed by atoms with E-state index in [9.17, 15) is 14.0 Å². The highest BCUT2D eigenvalue weighted by molar-refractivity contribution is 5.80. The Hall–Kier alpha value is -1.95. The number of hydrogen-bond donors (Lipinski definition) is 1. The predicted molar refractivity (Wildman–Crippen MR) is 100 cm³/mol. The maximum absolute atomic E-state index is 12.9. The van der Waals surface area contributed by atoms with E-state index in [-0.39, 0.29) is 17.6 Å². The third kappa shape index (κ3) is 4.67. The van der Waals surface area contributed by atoms with Crippen LogP contribution >= 0.6 is 0 Å². The summed E-state index contributed by atoms with van der Waals surface area (Å²) in [6.45, 7) is 3.71. The standard InChI is InChI=1S/C21H28FN3O2/c22-18-6-3-15(4-7-18)11-23-20(26)9-10-24-13-17-5-8-19(14-24)25(21(17)27)12-16-1-2-16/h3-4,6-7,16-17,19H,1-2,5,8-14H2,(H,23,26)/t17-,19+/m0/s1. The number of piperidine rings is 1. The summed E-state index contributed by atoms with van der Waals surface area (Å²) in [5, 5.41) is 2.90. The molecule has 2 amide bonds. The summed E-state index contributed by atoms with van der Waals surface area (Å²) in [5.74, 6) is 0.883. The van der Waals surface area contributed by atoms with Crippen LogP contribution in [0, 0.1) is 17.7 Å². The summed E-state index contributed by atoms with van der Waals surface area (Å²) in [6.07, 6.45) is 5.03. The Bertz CT molecular complexity index is 689. The Balaban J connectivity index is 1.25. The average Bonchev–Trinajstić information content (AvgIpc) is 3.50. The fraction of sp³-hybridized carbons (Fsp3) is 0.619. The minimum absolute atomic E-state index is 0.00270. The van der Waals surface area contributed by atoms with Gasteiger partial charge >= 0.3 is 0 Å². The van der Waals surface area contributed by atoms with Gasteiger partial charge in [0.2, 0.25) is 11.8 Å². The summed E-state index contributed by atoms with van der Waals surface area (Å²) in [5.41, 5.74) is 0.888. The summed E-state index contributed by atoms with van der Waals surface area (Å²) in [4.78, 5) is 29.3. The molecule has 3 saturated heterocycles. The van der Waals surface area contributed by atoms with Gasteiger partial charge in [-0.15, -0.1) is 0 Å². The van der Waals surface area contributed by atoms with Gasteiger partial charge in [-0.25, -0.2) is 4.39 Å². The van der Waals surface area contributed by atoms with Crippen LogP contribution in [0.2, 0.25) is 0 Å². The van der Waals surface area contributed by atoms with Crippen molar-refractivity contribution < 1.29 is 14.0 Å². The van der Waals surface area contributed by atoms with E-state index in [1.165, 1.54) is 25.0 Å². The maximum Gasteiger partial charge on any atom is 0.227 e. The Morgan fingerprint density at radius 2 is 1.89 bits per heavy atom. The lowest BCUT2D eigenvalue weighted by Gasteiger charge is -2.36. The SMILES string of the molecule is O=C(CCN1C[C@@H]2CC[C@H](C1)N(CC1CC1)C2=O)NCc1ccc(F)cc1. The minimum Gasteiger partial charge on any atom is -0.352 e. The van der Waals surface area contributed by atoms with Crippen LogP contribution in [-0.2, 0) is 16.1 Å². The molecule has 6 heteroatoms. The first-order chi connectivity index (χ1) is 13.1. The smallest absolute Gasteiger partial charge is 0.227 e. The number of hydrogen-bond acceptors (Lipinski definition) is 3. The van der Waals surface area contributed by atoms with Crippen molar-refractivity contribution in [2.45, 2.75) is 44.7 Å². The van der Waals surface area contributed by atoms with Crippen LogP contribution < -0.4 is 5.32 Å². The first-order valence-corrected chi connectivity index (χ1v) is 10.1. The van der Waals surface area contributed by atoms with Crippen LogP contribution in [0.5, 0.6) is 0 Å². The second-order valence-corrected chi connectivity index (χ2v) is 8.27. The van der Waals surface area contributed by atoms with Crippen LogP contribution in [0.25, 0.3) is 0 Å². The van der Waals surface area contributed by atoms with Crippen molar-refractivity contribution >= 4 is 11.8 Å². The molecule has 5 rings (SSSR count). The molecule has 1 aromatic carbocycles. The predicted octanol–water partition coefficient (Wildman–Crippen LogP) is 2.16. The molecule has 1 aliphatic carbocycles. The number of fused-ring (bicyclic) bond motifs is 4. The highest BCUT2D eigenvalue weighted by atomic mass is 19.1. The molecule has 146 valence electrons. The zero-order valence-corrected chi connectivity index (χ0v) is 15.7. The molecule has 0 unspecified atom stereocenters. The van der Waals surface area contributed by atoms with Crippen molar-refractivity contribution in [1.29, 1.82) is 0 Å². The molecule has 0 spiro atoms. The summed E-state index contributed by atoms with van der Waals surface area (Å²) >= 11 is 0. The Morgan fingerprint density at radius 1 is 1.11 bits per heavy atom. The third-order valence-corrected chi connectivity index (χ3v) is 6.08. The van der Waals surface area contributed by atoms with Gasteiger partial charge in [0.15, 0.2) is 0 Å². The second kappa shape index (κ2) is 7.97. The molecule has 2 bridgehead atoms. The molecule has 2 atom stereocenters. The number of rotatable bonds is 7. The third-order valence-electron chi connectivity index (χ3n) is 6.08. The van der Waals surface area contributed by atoms with Crippen LogP contribution in [0.4, 0.5) is 4.39 Å². The van der Waals surface area contributed by atoms with E-state index in [2.05, 4.69) is 15.1 Å². The lowest BCUT2D eigenvalue weighted by molar-refractivity contribution is -0.140. The molecule has 4 fully saturated rings. The van der Waals surface area contributed by atoms with E-state index >= 15 is 0 Å². The average molecular weight is 373 g/mol. The molecule has 1 N–H and O–H groups in total. The Morgan fingerprint density at radius 3 is 2.63 bits per heavy atom. The first-order valence-electron chi connectivity index (χ1n) is 10.1. The van der Waals surface area contributed by atoms with Gasteiger partial charge < -0.3 is 10.2 Å². The fourth-order valence-electron chi connectivity index (χ4n) is 4.28. The van der Waals surface area contributed by atoms with E-state index in [1.807, 2.05) is 0 Å². The number of nitrogens with one attached hydrogen (secondary N) is 1. The van der Waals surface area contributed by atoms with E-state index < -0.39 is 0 Å². The molecule has 3 heterocycles. The molecule has 1 saturated carbocycles. The van der Waals surface area contributed by atoms with Gasteiger partial charge in [0.05, 0.1) is 5.92 Å². The van der Waals surface area contributed by atoms with Crippen molar-refractivity contribution in [3.63, 3.8) is 0 Å². The molecular formula is C21H28FN3O2. The van der Waals surface area contributed by atoms with Crippen LogP contribution in [0.15, 0.2) is 24.3 Å². The number of carbonyl (C=O) groups is 2. The second-order valence-electron chi connectivity index (χ2n) is 8.27. The number of halogens is 1. The van der Waals surface area contributed by atoms with Gasteiger partial charge in [0.1, 0.15) is 5.82 Å². The van der Waals surface area contributed by atoms with E-state index in [0.29, 0.717) is 31.5 Å². The van der Waals surface area contributed by atoms with Crippen LogP contribution in [0.1, 0.15) is 37.7 Å². The van der Waals surface area contributed by atoms with Gasteiger partial charge in [-0.05, 0) is 49.3 Å². The number of amides is 2. The number of carbonyl (C=O) groups excluding carboxylic acids is 2. The highest BCUT2D eigenvalue weighted by Crippen LogP contribution is 2.35. The molecule has 0 radical (unpaired) electrons. The van der Waals surface area contributed by atoms with E-state index in [4.69, 9.17) is 0 Å². The van der Waals surface area contributed by atoms with Crippen molar-refractivity contribution in [3.05, 3.63) is 35.6 Å². The summed E-state index contributed by atoms with van der Waals surface area (Å²) in [6, 6.07) is 6.49. The molecule has 27 heavy (non-hydrogen) atoms. The molecule has 5 nitrogen and oxygen atoms in total. The largest absolute Gasteiger partial charge is 0.352 e. The van der Waals surface area contributed by atoms with Gasteiger partial charge in [-0.1, -0.05) is 12.1 Å². The topological polar surface area (TPSA) is 52.7 Å². The van der Waals surface area contributed by atoms with Crippen molar-refractivity contribution in [3.8, 4) is 0 Å². The molecule has 3 aliphatic heterocycles. The van der Waals surface area contributed by atoms with Crippen molar-refractivity contribution in [1.82, 2.24) is 15.1 Å². The maximum atomic E-state index is 12.9. The van der Waals surface area contributed by atoms with E-state index in [0.717, 1.165) is 44.0 Å². The minimum atomic E-state index is -0.272. The monoisotopic (exact) mass is 373 g/mol. The Kier molecular flexibility index (Phi) is 5.43. The number of nitrogens with zero attached hydrogens (tertiary/aromatic N) is 2. The highest BCUT2D eigenvalue weighted by Gasteiger charge is 2.42. The van der Waals surface area contributed by atoms with Gasteiger partial charge in [0.25, 0.3) is 0 Å².